The topological polar surface area (TPSA) is 117 Å². The largest absolute Gasteiger partial charge is 0.409 e. The molecule has 0 bridgehead atoms. The van der Waals surface area contributed by atoms with E-state index in [1.54, 1.807) is 6.92 Å². The third kappa shape index (κ3) is 3.63. The number of morpholine rings is 1. The van der Waals surface area contributed by atoms with Crippen LogP contribution in [0.1, 0.15) is 26.2 Å². The summed E-state index contributed by atoms with van der Waals surface area (Å²) in [6.07, 6.45) is 2.37. The van der Waals surface area contributed by atoms with Crippen molar-refractivity contribution in [2.45, 2.75) is 38.3 Å². The number of nitrogens with two attached hydrogens (primary N) is 1. The molecule has 1 heterocycles. The number of nitrogens with one attached hydrogen (secondary N) is 1. The zero-order valence-electron chi connectivity index (χ0n) is 12.1. The summed E-state index contributed by atoms with van der Waals surface area (Å²) in [5, 5.41) is 14.6. The molecule has 0 aromatic carbocycles. The monoisotopic (exact) mass is 298 g/mol. The predicted molar refractivity (Wildman–Crippen MR) is 74.7 cm³/mol. The Morgan fingerprint density at radius 3 is 2.81 bits per heavy atom. The maximum absolute atomic E-state index is 12.6. The molecular formula is C13H22N4O4. The van der Waals surface area contributed by atoms with E-state index in [0.717, 1.165) is 12.8 Å². The van der Waals surface area contributed by atoms with E-state index in [9.17, 15) is 9.59 Å². The normalized spacial score (nSPS) is 24.5. The minimum Gasteiger partial charge on any atom is -0.409 e. The number of carbonyl (C=O) groups is 2. The van der Waals surface area contributed by atoms with E-state index in [0.29, 0.717) is 19.6 Å². The lowest BCUT2D eigenvalue weighted by atomic mass is 10.0. The van der Waals surface area contributed by atoms with Gasteiger partial charge in [-0.2, -0.15) is 0 Å². The molecule has 2 atom stereocenters. The van der Waals surface area contributed by atoms with Crippen molar-refractivity contribution in [3.63, 3.8) is 0 Å². The molecule has 118 valence electrons. The molecule has 0 radical (unpaired) electrons. The van der Waals surface area contributed by atoms with Gasteiger partial charge < -0.3 is 25.9 Å². The molecule has 2 amide bonds. The molecule has 0 aromatic heterocycles. The second kappa shape index (κ2) is 6.75. The molecule has 0 spiro atoms. The van der Waals surface area contributed by atoms with Crippen molar-refractivity contribution < 1.29 is 19.5 Å². The molecule has 2 fully saturated rings. The van der Waals surface area contributed by atoms with Gasteiger partial charge >= 0.3 is 0 Å². The molecule has 1 aliphatic heterocycles. The summed E-state index contributed by atoms with van der Waals surface area (Å²) in [6, 6.07) is -0.421. The van der Waals surface area contributed by atoms with Crippen molar-refractivity contribution in [2.24, 2.45) is 16.8 Å². The van der Waals surface area contributed by atoms with Gasteiger partial charge in [0.15, 0.2) is 5.84 Å². The molecule has 1 saturated carbocycles. The highest BCUT2D eigenvalue weighted by atomic mass is 16.5. The van der Waals surface area contributed by atoms with Crippen LogP contribution >= 0.6 is 0 Å². The van der Waals surface area contributed by atoms with Gasteiger partial charge in [-0.25, -0.2) is 0 Å². The van der Waals surface area contributed by atoms with Crippen LogP contribution in [0.3, 0.4) is 0 Å². The van der Waals surface area contributed by atoms with Crippen LogP contribution in [0.4, 0.5) is 0 Å². The van der Waals surface area contributed by atoms with Crippen molar-refractivity contribution in [3.05, 3.63) is 0 Å². The number of oxime groups is 1. The zero-order valence-corrected chi connectivity index (χ0v) is 12.1. The third-order valence-corrected chi connectivity index (χ3v) is 3.82. The van der Waals surface area contributed by atoms with E-state index < -0.39 is 12.0 Å². The lowest BCUT2D eigenvalue weighted by Crippen LogP contribution is -2.58. The summed E-state index contributed by atoms with van der Waals surface area (Å²) in [6.45, 7) is 2.67. The molecule has 21 heavy (non-hydrogen) atoms. The Kier molecular flexibility index (Phi) is 5.00. The Bertz CT molecular complexity index is 436. The first-order chi connectivity index (χ1) is 10.1. The summed E-state index contributed by atoms with van der Waals surface area (Å²) in [7, 11) is 0. The van der Waals surface area contributed by atoms with Crippen LogP contribution in [0.25, 0.3) is 0 Å². The maximum atomic E-state index is 12.6. The second-order valence-electron chi connectivity index (χ2n) is 5.39. The van der Waals surface area contributed by atoms with E-state index in [1.165, 1.54) is 4.90 Å². The lowest BCUT2D eigenvalue weighted by molar-refractivity contribution is -0.150. The van der Waals surface area contributed by atoms with E-state index >= 15 is 0 Å². The highest BCUT2D eigenvalue weighted by molar-refractivity contribution is 6.03. The summed E-state index contributed by atoms with van der Waals surface area (Å²) < 4.78 is 5.32. The van der Waals surface area contributed by atoms with Crippen molar-refractivity contribution in [3.8, 4) is 0 Å². The average molecular weight is 298 g/mol. The Hall–Kier alpha value is -1.83. The number of hydrogen-bond acceptors (Lipinski definition) is 5. The minimum atomic E-state index is -0.718. The third-order valence-electron chi connectivity index (χ3n) is 3.82. The first-order valence-corrected chi connectivity index (χ1v) is 7.24. The van der Waals surface area contributed by atoms with E-state index in [-0.39, 0.29) is 30.3 Å². The first-order valence-electron chi connectivity index (χ1n) is 7.24. The molecule has 0 aromatic rings. The van der Waals surface area contributed by atoms with Crippen LogP contribution in [0.15, 0.2) is 5.16 Å². The molecule has 4 N–H and O–H groups in total. The number of hydrogen-bond donors (Lipinski definition) is 3. The summed E-state index contributed by atoms with van der Waals surface area (Å²) in [5.41, 5.74) is 5.57. The van der Waals surface area contributed by atoms with Crippen LogP contribution in [0.2, 0.25) is 0 Å². The highest BCUT2D eigenvalue weighted by Gasteiger charge is 2.38. The summed E-state index contributed by atoms with van der Waals surface area (Å²) >= 11 is 0. The fourth-order valence-corrected chi connectivity index (χ4v) is 2.39. The van der Waals surface area contributed by atoms with E-state index in [4.69, 9.17) is 15.7 Å². The molecule has 1 aliphatic carbocycles. The number of amidine groups is 1. The fourth-order valence-electron chi connectivity index (χ4n) is 2.39. The van der Waals surface area contributed by atoms with Gasteiger partial charge in [-0.15, -0.1) is 0 Å². The van der Waals surface area contributed by atoms with Gasteiger partial charge in [-0.05, 0) is 19.3 Å². The summed E-state index contributed by atoms with van der Waals surface area (Å²) in [5.74, 6) is -1.34. The van der Waals surface area contributed by atoms with Gasteiger partial charge in [0.1, 0.15) is 6.04 Å². The summed E-state index contributed by atoms with van der Waals surface area (Å²) in [4.78, 5) is 26.3. The molecule has 2 aliphatic rings. The smallest absolute Gasteiger partial charge is 0.245 e. The standard InChI is InChI=1S/C13H22N4O4/c1-2-9(11(14)16-20)13(19)17-5-6-21-7-10(17)12(18)15-8-3-4-8/h8-10,20H,2-7H2,1H3,(H2,14,16)(H,15,18). The van der Waals surface area contributed by atoms with Crippen molar-refractivity contribution in [2.75, 3.05) is 19.8 Å². The van der Waals surface area contributed by atoms with Gasteiger partial charge in [0.25, 0.3) is 0 Å². The van der Waals surface area contributed by atoms with E-state index in [1.807, 2.05) is 0 Å². The highest BCUT2D eigenvalue weighted by Crippen LogP contribution is 2.20. The Morgan fingerprint density at radius 1 is 1.52 bits per heavy atom. The maximum Gasteiger partial charge on any atom is 0.245 e. The fraction of sp³-hybridized carbons (Fsp3) is 0.769. The zero-order chi connectivity index (χ0) is 15.4. The number of carbonyl (C=O) groups excluding carboxylic acids is 2. The van der Waals surface area contributed by atoms with Gasteiger partial charge in [-0.1, -0.05) is 12.1 Å². The molecule has 8 heteroatoms. The molecule has 2 rings (SSSR count). The van der Waals surface area contributed by atoms with Crippen LogP contribution in [-0.2, 0) is 14.3 Å². The number of ether oxygens (including phenoxy) is 1. The quantitative estimate of drug-likeness (QED) is 0.267. The lowest BCUT2D eigenvalue weighted by Gasteiger charge is -2.36. The Balaban J connectivity index is 2.09. The molecule has 2 unspecified atom stereocenters. The number of amides is 2. The average Bonchev–Trinajstić information content (AvgIpc) is 3.31. The van der Waals surface area contributed by atoms with Crippen molar-refractivity contribution in [1.82, 2.24) is 10.2 Å². The molecule has 1 saturated heterocycles. The predicted octanol–water partition coefficient (Wildman–Crippen LogP) is -0.735. The van der Waals surface area contributed by atoms with Crippen LogP contribution in [-0.4, -0.2) is 59.6 Å². The van der Waals surface area contributed by atoms with Crippen LogP contribution < -0.4 is 11.1 Å². The van der Waals surface area contributed by atoms with Gasteiger partial charge in [0.2, 0.25) is 11.8 Å². The SMILES string of the molecule is CCC(C(=O)N1CCOCC1C(=O)NC1CC1)C(N)=NO. The number of nitrogens with zero attached hydrogens (tertiary/aromatic N) is 2. The van der Waals surface area contributed by atoms with Crippen LogP contribution in [0, 0.1) is 5.92 Å². The van der Waals surface area contributed by atoms with Crippen molar-refractivity contribution in [1.29, 1.82) is 0 Å². The van der Waals surface area contributed by atoms with Crippen LogP contribution in [0.5, 0.6) is 0 Å². The first kappa shape index (κ1) is 15.6. The van der Waals surface area contributed by atoms with Gasteiger partial charge in [0, 0.05) is 12.6 Å². The molecular weight excluding hydrogens is 276 g/mol. The number of rotatable bonds is 5. The van der Waals surface area contributed by atoms with Crippen molar-refractivity contribution >= 4 is 17.6 Å². The van der Waals surface area contributed by atoms with E-state index in [2.05, 4.69) is 10.5 Å². The second-order valence-corrected chi connectivity index (χ2v) is 5.39. The minimum absolute atomic E-state index is 0.129. The Morgan fingerprint density at radius 2 is 2.24 bits per heavy atom. The molecule has 8 nitrogen and oxygen atoms in total. The Labute approximate surface area is 123 Å². The van der Waals surface area contributed by atoms with Gasteiger partial charge in [0.05, 0.1) is 19.1 Å². The van der Waals surface area contributed by atoms with Gasteiger partial charge in [-0.3, -0.25) is 9.59 Å².